The quantitative estimate of drug-likeness (QED) is 0.775. The van der Waals surface area contributed by atoms with E-state index in [1.165, 1.54) is 5.56 Å². The molecule has 0 saturated heterocycles. The molecule has 0 radical (unpaired) electrons. The predicted octanol–water partition coefficient (Wildman–Crippen LogP) is 4.26. The number of hydrogen-bond donors (Lipinski definition) is 1. The normalized spacial score (nSPS) is 10.3. The van der Waals surface area contributed by atoms with Crippen LogP contribution in [0.1, 0.15) is 18.9 Å². The smallest absolute Gasteiger partial charge is 0.225 e. The number of rotatable bonds is 7. The Morgan fingerprint density at radius 2 is 2.00 bits per heavy atom. The van der Waals surface area contributed by atoms with Crippen LogP contribution in [0.15, 0.2) is 42.6 Å². The first kappa shape index (κ1) is 16.4. The maximum Gasteiger partial charge on any atom is 0.225 e. The summed E-state index contributed by atoms with van der Waals surface area (Å²) in [6.45, 7) is 4.11. The molecule has 22 heavy (non-hydrogen) atoms. The Morgan fingerprint density at radius 3 is 2.64 bits per heavy atom. The Morgan fingerprint density at radius 1 is 1.23 bits per heavy atom. The van der Waals surface area contributed by atoms with Gasteiger partial charge in [0.25, 0.3) is 0 Å². The third-order valence-corrected chi connectivity index (χ3v) is 3.84. The summed E-state index contributed by atoms with van der Waals surface area (Å²) in [5, 5.41) is 2.83. The monoisotopic (exact) mass is 316 g/mol. The molecule has 0 saturated carbocycles. The van der Waals surface area contributed by atoms with Gasteiger partial charge in [-0.15, -0.1) is 0 Å². The summed E-state index contributed by atoms with van der Waals surface area (Å²) in [6, 6.07) is 11.3. The van der Waals surface area contributed by atoms with Crippen molar-refractivity contribution in [3.8, 4) is 11.6 Å². The van der Waals surface area contributed by atoms with Crippen LogP contribution in [0.25, 0.3) is 0 Å². The molecule has 1 aromatic carbocycles. The average Bonchev–Trinajstić information content (AvgIpc) is 2.52. The molecule has 0 spiro atoms. The van der Waals surface area contributed by atoms with Crippen LogP contribution in [0, 0.1) is 6.92 Å². The van der Waals surface area contributed by atoms with Gasteiger partial charge in [0, 0.05) is 18.2 Å². The molecular formula is C17H20N2O2S. The first-order valence-corrected chi connectivity index (χ1v) is 8.41. The van der Waals surface area contributed by atoms with Gasteiger partial charge in [-0.1, -0.05) is 24.6 Å². The molecule has 1 heterocycles. The summed E-state index contributed by atoms with van der Waals surface area (Å²) in [7, 11) is 0. The molecular weight excluding hydrogens is 296 g/mol. The third kappa shape index (κ3) is 5.41. The third-order valence-electron chi connectivity index (χ3n) is 2.94. The molecule has 1 amide bonds. The van der Waals surface area contributed by atoms with Crippen molar-refractivity contribution in [1.82, 2.24) is 4.98 Å². The summed E-state index contributed by atoms with van der Waals surface area (Å²) >= 11 is 1.76. The molecule has 0 aliphatic heterocycles. The van der Waals surface area contributed by atoms with Crippen LogP contribution < -0.4 is 10.1 Å². The lowest BCUT2D eigenvalue weighted by molar-refractivity contribution is -0.115. The summed E-state index contributed by atoms with van der Waals surface area (Å²) in [5.41, 5.74) is 1.86. The van der Waals surface area contributed by atoms with E-state index in [9.17, 15) is 4.79 Å². The summed E-state index contributed by atoms with van der Waals surface area (Å²) in [6.07, 6.45) is 2.12. The predicted molar refractivity (Wildman–Crippen MR) is 91.7 cm³/mol. The van der Waals surface area contributed by atoms with Gasteiger partial charge in [-0.05, 0) is 30.9 Å². The maximum atomic E-state index is 11.7. The van der Waals surface area contributed by atoms with Gasteiger partial charge in [-0.3, -0.25) is 4.79 Å². The van der Waals surface area contributed by atoms with E-state index in [4.69, 9.17) is 4.74 Å². The average molecular weight is 316 g/mol. The zero-order valence-corrected chi connectivity index (χ0v) is 13.7. The number of aryl methyl sites for hydroxylation is 1. The number of nitrogens with zero attached hydrogens (tertiary/aromatic N) is 1. The van der Waals surface area contributed by atoms with Crippen LogP contribution >= 0.6 is 11.8 Å². The van der Waals surface area contributed by atoms with Crippen molar-refractivity contribution in [3.63, 3.8) is 0 Å². The van der Waals surface area contributed by atoms with Crippen LogP contribution in [0.5, 0.6) is 11.6 Å². The van der Waals surface area contributed by atoms with E-state index in [2.05, 4.69) is 17.2 Å². The Bertz CT molecular complexity index is 597. The number of carbonyl (C=O) groups is 1. The number of ether oxygens (including phenoxy) is 1. The van der Waals surface area contributed by atoms with Crippen LogP contribution in [0.3, 0.4) is 0 Å². The number of hydrogen-bond acceptors (Lipinski definition) is 4. The molecule has 0 unspecified atom stereocenters. The van der Waals surface area contributed by atoms with Gasteiger partial charge in [0.2, 0.25) is 11.8 Å². The number of benzene rings is 1. The van der Waals surface area contributed by atoms with E-state index in [1.54, 1.807) is 30.1 Å². The van der Waals surface area contributed by atoms with E-state index >= 15 is 0 Å². The number of nitrogens with one attached hydrogen (secondary N) is 1. The zero-order chi connectivity index (χ0) is 15.8. The van der Waals surface area contributed by atoms with Crippen molar-refractivity contribution in [2.45, 2.75) is 20.3 Å². The minimum atomic E-state index is 0.00922. The van der Waals surface area contributed by atoms with Gasteiger partial charge < -0.3 is 10.1 Å². The Kier molecular flexibility index (Phi) is 6.27. The molecule has 2 rings (SSSR count). The number of amides is 1. The van der Waals surface area contributed by atoms with Crippen LogP contribution in [0.2, 0.25) is 0 Å². The van der Waals surface area contributed by atoms with E-state index in [-0.39, 0.29) is 5.91 Å². The molecule has 0 bridgehead atoms. The van der Waals surface area contributed by atoms with Crippen molar-refractivity contribution < 1.29 is 9.53 Å². The summed E-state index contributed by atoms with van der Waals surface area (Å²) in [5.74, 6) is 3.12. The SMILES string of the molecule is CCSCCC(=O)Nc1ccc(Oc2ccc(C)cc2)nc1. The van der Waals surface area contributed by atoms with Crippen LogP contribution in [-0.4, -0.2) is 22.4 Å². The summed E-state index contributed by atoms with van der Waals surface area (Å²) < 4.78 is 5.65. The summed E-state index contributed by atoms with van der Waals surface area (Å²) in [4.78, 5) is 15.9. The van der Waals surface area contributed by atoms with Crippen molar-refractivity contribution in [1.29, 1.82) is 0 Å². The van der Waals surface area contributed by atoms with Gasteiger partial charge in [-0.2, -0.15) is 11.8 Å². The van der Waals surface area contributed by atoms with Gasteiger partial charge in [0.1, 0.15) is 5.75 Å². The van der Waals surface area contributed by atoms with Gasteiger partial charge >= 0.3 is 0 Å². The highest BCUT2D eigenvalue weighted by Crippen LogP contribution is 2.20. The second-order valence-electron chi connectivity index (χ2n) is 4.80. The van der Waals surface area contributed by atoms with Crippen LogP contribution in [-0.2, 0) is 4.79 Å². The molecule has 0 fully saturated rings. The van der Waals surface area contributed by atoms with E-state index in [0.29, 0.717) is 18.0 Å². The molecule has 0 aliphatic carbocycles. The van der Waals surface area contributed by atoms with Gasteiger partial charge in [0.05, 0.1) is 11.9 Å². The molecule has 0 atom stereocenters. The molecule has 4 nitrogen and oxygen atoms in total. The lowest BCUT2D eigenvalue weighted by Gasteiger charge is -2.07. The highest BCUT2D eigenvalue weighted by Gasteiger charge is 2.04. The lowest BCUT2D eigenvalue weighted by atomic mass is 10.2. The fraction of sp³-hybridized carbons (Fsp3) is 0.294. The van der Waals surface area contributed by atoms with Crippen molar-refractivity contribution in [3.05, 3.63) is 48.2 Å². The first-order chi connectivity index (χ1) is 10.7. The minimum Gasteiger partial charge on any atom is -0.439 e. The molecule has 1 aromatic heterocycles. The fourth-order valence-corrected chi connectivity index (χ4v) is 2.39. The Labute approximate surface area is 135 Å². The number of thioether (sulfide) groups is 1. The first-order valence-electron chi connectivity index (χ1n) is 7.25. The maximum absolute atomic E-state index is 11.7. The van der Waals surface area contributed by atoms with E-state index in [1.807, 2.05) is 31.2 Å². The fourth-order valence-electron chi connectivity index (χ4n) is 1.77. The standard InChI is InChI=1S/C17H20N2O2S/c1-3-22-11-10-16(20)19-14-6-9-17(18-12-14)21-15-7-4-13(2)5-8-15/h4-9,12H,3,10-11H2,1-2H3,(H,19,20). The van der Waals surface area contributed by atoms with Crippen molar-refractivity contribution in [2.24, 2.45) is 0 Å². The number of anilines is 1. The molecule has 116 valence electrons. The molecule has 1 N–H and O–H groups in total. The zero-order valence-electron chi connectivity index (χ0n) is 12.8. The van der Waals surface area contributed by atoms with Crippen LogP contribution in [0.4, 0.5) is 5.69 Å². The second kappa shape index (κ2) is 8.44. The Balaban J connectivity index is 1.87. The van der Waals surface area contributed by atoms with E-state index in [0.717, 1.165) is 17.3 Å². The minimum absolute atomic E-state index is 0.00922. The lowest BCUT2D eigenvalue weighted by Crippen LogP contribution is -2.12. The van der Waals surface area contributed by atoms with Gasteiger partial charge in [0.15, 0.2) is 0 Å². The van der Waals surface area contributed by atoms with Crippen molar-refractivity contribution in [2.75, 3.05) is 16.8 Å². The number of pyridine rings is 1. The Hall–Kier alpha value is -2.01. The number of aromatic nitrogens is 1. The highest BCUT2D eigenvalue weighted by molar-refractivity contribution is 7.99. The highest BCUT2D eigenvalue weighted by atomic mass is 32.2. The number of carbonyl (C=O) groups excluding carboxylic acids is 1. The van der Waals surface area contributed by atoms with Gasteiger partial charge in [-0.25, -0.2) is 4.98 Å². The second-order valence-corrected chi connectivity index (χ2v) is 6.19. The largest absolute Gasteiger partial charge is 0.439 e. The molecule has 0 aliphatic rings. The van der Waals surface area contributed by atoms with E-state index < -0.39 is 0 Å². The molecule has 5 heteroatoms. The topological polar surface area (TPSA) is 51.2 Å². The molecule has 2 aromatic rings. The van der Waals surface area contributed by atoms with Crippen molar-refractivity contribution >= 4 is 23.4 Å².